The second-order valence-corrected chi connectivity index (χ2v) is 7.65. The van der Waals surface area contributed by atoms with Gasteiger partial charge in [-0.3, -0.25) is 4.79 Å². The van der Waals surface area contributed by atoms with E-state index in [0.29, 0.717) is 41.3 Å². The maximum Gasteiger partial charge on any atom is 0.257 e. The second kappa shape index (κ2) is 7.73. The Morgan fingerprint density at radius 3 is 2.69 bits per heavy atom. The van der Waals surface area contributed by atoms with Crippen molar-refractivity contribution in [2.24, 2.45) is 5.92 Å². The van der Waals surface area contributed by atoms with Gasteiger partial charge in [-0.2, -0.15) is 0 Å². The number of nitrogens with zero attached hydrogens (tertiary/aromatic N) is 3. The number of pyridine rings is 2. The highest BCUT2D eigenvalue weighted by Gasteiger charge is 2.25. The summed E-state index contributed by atoms with van der Waals surface area (Å²) in [6, 6.07) is 6.82. The summed E-state index contributed by atoms with van der Waals surface area (Å²) in [6.45, 7) is 5.34. The smallest absolute Gasteiger partial charge is 0.257 e. The number of hydrogen-bond donors (Lipinski definition) is 1. The van der Waals surface area contributed by atoms with Gasteiger partial charge in [-0.25, -0.2) is 18.7 Å². The van der Waals surface area contributed by atoms with Gasteiger partial charge < -0.3 is 10.2 Å². The van der Waals surface area contributed by atoms with Gasteiger partial charge in [0.25, 0.3) is 5.91 Å². The number of aromatic nitrogens is 2. The van der Waals surface area contributed by atoms with Gasteiger partial charge in [-0.15, -0.1) is 0 Å². The molecule has 29 heavy (non-hydrogen) atoms. The lowest BCUT2D eigenvalue weighted by molar-refractivity contribution is 0.0684. The van der Waals surface area contributed by atoms with Gasteiger partial charge in [0.2, 0.25) is 0 Å². The molecule has 1 amide bonds. The van der Waals surface area contributed by atoms with E-state index in [2.05, 4.69) is 22.2 Å². The maximum atomic E-state index is 13.7. The molecule has 1 aromatic carbocycles. The number of anilines is 2. The number of rotatable bonds is 3. The first-order valence-corrected chi connectivity index (χ1v) is 9.69. The minimum atomic E-state index is -0.697. The Labute approximate surface area is 167 Å². The predicted octanol–water partition coefficient (Wildman–Crippen LogP) is 4.83. The number of benzene rings is 1. The minimum absolute atomic E-state index is 0.147. The van der Waals surface area contributed by atoms with Gasteiger partial charge in [-0.1, -0.05) is 6.92 Å². The van der Waals surface area contributed by atoms with Gasteiger partial charge in [0.05, 0.1) is 11.3 Å². The van der Waals surface area contributed by atoms with Crippen LogP contribution in [-0.4, -0.2) is 33.9 Å². The number of nitrogens with one attached hydrogen (secondary N) is 1. The summed E-state index contributed by atoms with van der Waals surface area (Å²) in [4.78, 5) is 23.9. The van der Waals surface area contributed by atoms with Gasteiger partial charge in [0.1, 0.15) is 11.6 Å². The second-order valence-electron chi connectivity index (χ2n) is 7.65. The zero-order chi connectivity index (χ0) is 20.5. The lowest BCUT2D eigenvalue weighted by Crippen LogP contribution is -2.39. The van der Waals surface area contributed by atoms with Crippen LogP contribution in [0, 0.1) is 24.5 Å². The van der Waals surface area contributed by atoms with E-state index >= 15 is 0 Å². The summed E-state index contributed by atoms with van der Waals surface area (Å²) in [7, 11) is 0. The van der Waals surface area contributed by atoms with Crippen molar-refractivity contribution in [3.63, 3.8) is 0 Å². The fourth-order valence-corrected chi connectivity index (χ4v) is 3.78. The monoisotopic (exact) mass is 396 g/mol. The standard InChI is InChI=1S/C22H22F2N4O/c1-13-4-3-7-28(12-13)22(29)19-11-25-21-18(6-5-14(2)26-21)20(19)27-17-9-15(23)8-16(24)10-17/h5-6,8-11,13H,3-4,7,12H2,1-2H3,(H,25,26,27). The van der Waals surface area contributed by atoms with Crippen LogP contribution in [0.2, 0.25) is 0 Å². The highest BCUT2D eigenvalue weighted by molar-refractivity contribution is 6.07. The molecule has 3 heterocycles. The number of piperidine rings is 1. The van der Waals surface area contributed by atoms with Crippen molar-refractivity contribution in [1.82, 2.24) is 14.9 Å². The lowest BCUT2D eigenvalue weighted by Gasteiger charge is -2.31. The molecular formula is C22H22F2N4O. The number of carbonyl (C=O) groups is 1. The van der Waals surface area contributed by atoms with E-state index < -0.39 is 11.6 Å². The first kappa shape index (κ1) is 19.2. The summed E-state index contributed by atoms with van der Waals surface area (Å²) in [5, 5.41) is 3.66. The normalized spacial score (nSPS) is 16.8. The van der Waals surface area contributed by atoms with E-state index in [-0.39, 0.29) is 11.6 Å². The van der Waals surface area contributed by atoms with Crippen LogP contribution in [0.1, 0.15) is 35.8 Å². The van der Waals surface area contributed by atoms with Crippen molar-refractivity contribution < 1.29 is 13.6 Å². The Morgan fingerprint density at radius 2 is 1.97 bits per heavy atom. The average molecular weight is 396 g/mol. The van der Waals surface area contributed by atoms with Crippen molar-refractivity contribution >= 4 is 28.3 Å². The Morgan fingerprint density at radius 1 is 1.21 bits per heavy atom. The van der Waals surface area contributed by atoms with Crippen LogP contribution in [-0.2, 0) is 0 Å². The first-order valence-electron chi connectivity index (χ1n) is 9.69. The van der Waals surface area contributed by atoms with E-state index in [1.165, 1.54) is 18.3 Å². The molecule has 1 aliphatic heterocycles. The number of fused-ring (bicyclic) bond motifs is 1. The van der Waals surface area contributed by atoms with Crippen molar-refractivity contribution in [3.8, 4) is 0 Å². The van der Waals surface area contributed by atoms with Crippen molar-refractivity contribution in [2.75, 3.05) is 18.4 Å². The van der Waals surface area contributed by atoms with Gasteiger partial charge in [-0.05, 0) is 49.9 Å². The molecule has 1 saturated heterocycles. The summed E-state index contributed by atoms with van der Waals surface area (Å²) in [5.74, 6) is -1.11. The Hall–Kier alpha value is -3.09. The lowest BCUT2D eigenvalue weighted by atomic mass is 9.99. The number of hydrogen-bond acceptors (Lipinski definition) is 4. The van der Waals surface area contributed by atoms with Gasteiger partial charge in [0, 0.05) is 42.1 Å². The first-order chi connectivity index (χ1) is 13.9. The molecule has 150 valence electrons. The molecule has 1 N–H and O–H groups in total. The van der Waals surface area contributed by atoms with E-state index in [9.17, 15) is 13.6 Å². The van der Waals surface area contributed by atoms with Crippen LogP contribution in [0.15, 0.2) is 36.5 Å². The summed E-state index contributed by atoms with van der Waals surface area (Å²) >= 11 is 0. The van der Waals surface area contributed by atoms with E-state index in [0.717, 1.165) is 24.6 Å². The van der Waals surface area contributed by atoms with Crippen molar-refractivity contribution in [3.05, 3.63) is 59.4 Å². The number of likely N-dealkylation sites (tertiary alicyclic amines) is 1. The third kappa shape index (κ3) is 4.04. The van der Waals surface area contributed by atoms with Crippen LogP contribution >= 0.6 is 0 Å². The number of aryl methyl sites for hydroxylation is 1. The summed E-state index contributed by atoms with van der Waals surface area (Å²) in [5.41, 5.74) is 2.29. The third-order valence-electron chi connectivity index (χ3n) is 5.18. The quantitative estimate of drug-likeness (QED) is 0.689. The molecule has 0 radical (unpaired) electrons. The third-order valence-corrected chi connectivity index (χ3v) is 5.18. The Kier molecular flexibility index (Phi) is 5.13. The molecule has 7 heteroatoms. The molecule has 0 aliphatic carbocycles. The van der Waals surface area contributed by atoms with Crippen molar-refractivity contribution in [1.29, 1.82) is 0 Å². The van der Waals surface area contributed by atoms with Gasteiger partial charge >= 0.3 is 0 Å². The van der Waals surface area contributed by atoms with E-state index in [1.54, 1.807) is 0 Å². The predicted molar refractivity (Wildman–Crippen MR) is 108 cm³/mol. The molecule has 0 saturated carbocycles. The highest BCUT2D eigenvalue weighted by Crippen LogP contribution is 2.31. The maximum absolute atomic E-state index is 13.7. The summed E-state index contributed by atoms with van der Waals surface area (Å²) in [6.07, 6.45) is 3.54. The SMILES string of the molecule is Cc1ccc2c(Nc3cc(F)cc(F)c3)c(C(=O)N3CCCC(C)C3)cnc2n1. The molecule has 3 aromatic rings. The molecule has 1 aliphatic rings. The zero-order valence-corrected chi connectivity index (χ0v) is 16.4. The molecule has 1 unspecified atom stereocenters. The van der Waals surface area contributed by atoms with E-state index in [1.807, 2.05) is 24.0 Å². The molecule has 1 atom stereocenters. The fourth-order valence-electron chi connectivity index (χ4n) is 3.78. The van der Waals surface area contributed by atoms with Gasteiger partial charge in [0.15, 0.2) is 5.65 Å². The molecule has 5 nitrogen and oxygen atoms in total. The molecular weight excluding hydrogens is 374 g/mol. The zero-order valence-electron chi connectivity index (χ0n) is 16.4. The number of amides is 1. The molecule has 4 rings (SSSR count). The molecule has 1 fully saturated rings. The van der Waals surface area contributed by atoms with Crippen molar-refractivity contribution in [2.45, 2.75) is 26.7 Å². The van der Waals surface area contributed by atoms with Crippen LogP contribution in [0.5, 0.6) is 0 Å². The minimum Gasteiger partial charge on any atom is -0.354 e. The molecule has 2 aromatic heterocycles. The number of halogens is 2. The Balaban J connectivity index is 1.82. The number of carbonyl (C=O) groups excluding carboxylic acids is 1. The van der Waals surface area contributed by atoms with Crippen LogP contribution in [0.3, 0.4) is 0 Å². The molecule has 0 spiro atoms. The average Bonchev–Trinajstić information content (AvgIpc) is 2.66. The van der Waals surface area contributed by atoms with Crippen LogP contribution in [0.4, 0.5) is 20.2 Å². The topological polar surface area (TPSA) is 58.1 Å². The molecule has 0 bridgehead atoms. The summed E-state index contributed by atoms with van der Waals surface area (Å²) < 4.78 is 27.4. The van der Waals surface area contributed by atoms with Crippen LogP contribution in [0.25, 0.3) is 11.0 Å². The fraction of sp³-hybridized carbons (Fsp3) is 0.318. The highest BCUT2D eigenvalue weighted by atomic mass is 19.1. The Bertz CT molecular complexity index is 1070. The van der Waals surface area contributed by atoms with Crippen LogP contribution < -0.4 is 5.32 Å². The van der Waals surface area contributed by atoms with E-state index in [4.69, 9.17) is 0 Å². The largest absolute Gasteiger partial charge is 0.354 e.